The van der Waals surface area contributed by atoms with E-state index in [1.165, 1.54) is 11.3 Å². The summed E-state index contributed by atoms with van der Waals surface area (Å²) in [5, 5.41) is 24.4. The largest absolute Gasteiger partial charge is 0.497 e. The number of pyridine rings is 1. The number of nitriles is 1. The Morgan fingerprint density at radius 2 is 1.75 bits per heavy atom. The van der Waals surface area contributed by atoms with Gasteiger partial charge >= 0.3 is 17.7 Å². The van der Waals surface area contributed by atoms with E-state index in [0.717, 1.165) is 65.3 Å². The van der Waals surface area contributed by atoms with Crippen LogP contribution < -0.4 is 34.6 Å². The number of rotatable bonds is 19. The van der Waals surface area contributed by atoms with Crippen molar-refractivity contribution in [2.45, 2.75) is 88.6 Å². The highest BCUT2D eigenvalue weighted by Crippen LogP contribution is 2.54. The lowest BCUT2D eigenvalue weighted by atomic mass is 9.74. The Balaban J connectivity index is 1.15. The lowest BCUT2D eigenvalue weighted by molar-refractivity contribution is -0.383. The number of anilines is 4. The highest BCUT2D eigenvalue weighted by molar-refractivity contribution is 7.16. The molecule has 0 amide bonds. The lowest BCUT2D eigenvalue weighted by Gasteiger charge is -2.49. The minimum atomic E-state index is -1.00. The summed E-state index contributed by atoms with van der Waals surface area (Å²) >= 11 is 1.43. The number of halogens is 1. The third-order valence-electron chi connectivity index (χ3n) is 14.2. The first-order valence-electron chi connectivity index (χ1n) is 23.4. The summed E-state index contributed by atoms with van der Waals surface area (Å²) in [6.07, 6.45) is 4.03. The Labute approximate surface area is 404 Å². The molecule has 17 nitrogen and oxygen atoms in total. The molecule has 3 aliphatic heterocycles. The van der Waals surface area contributed by atoms with Gasteiger partial charge in [0.05, 0.1) is 49.3 Å². The van der Waals surface area contributed by atoms with Gasteiger partial charge in [-0.05, 0) is 93.1 Å². The molecule has 2 aromatic carbocycles. The van der Waals surface area contributed by atoms with Crippen LogP contribution in [0.25, 0.3) is 0 Å². The minimum absolute atomic E-state index is 0.0315. The van der Waals surface area contributed by atoms with E-state index in [0.29, 0.717) is 61.1 Å². The molecule has 19 heteroatoms. The van der Waals surface area contributed by atoms with Crippen LogP contribution in [0.15, 0.2) is 66.9 Å². The zero-order valence-corrected chi connectivity index (χ0v) is 40.2. The molecule has 0 bridgehead atoms. The van der Waals surface area contributed by atoms with Crippen molar-refractivity contribution in [3.8, 4) is 23.6 Å². The molecule has 6 heterocycles. The summed E-state index contributed by atoms with van der Waals surface area (Å²) in [5.41, 5.74) is 9.03. The van der Waals surface area contributed by atoms with Gasteiger partial charge in [0.1, 0.15) is 41.2 Å². The molecular weight excluding hydrogens is 904 g/mol. The first kappa shape index (κ1) is 47.3. The number of thiophene rings is 1. The fourth-order valence-corrected chi connectivity index (χ4v) is 12.0. The van der Waals surface area contributed by atoms with Gasteiger partial charge in [-0.15, -0.1) is 11.3 Å². The van der Waals surface area contributed by atoms with Gasteiger partial charge in [0.25, 0.3) is 0 Å². The molecule has 0 radical (unpaired) electrons. The number of benzene rings is 2. The number of fused-ring (bicyclic) bond motifs is 3. The normalized spacial score (nSPS) is 19.3. The van der Waals surface area contributed by atoms with Gasteiger partial charge in [0, 0.05) is 67.7 Å². The van der Waals surface area contributed by atoms with Gasteiger partial charge < -0.3 is 39.4 Å². The van der Waals surface area contributed by atoms with Crippen molar-refractivity contribution in [1.82, 2.24) is 19.9 Å². The average molecular weight is 961 g/mol. The summed E-state index contributed by atoms with van der Waals surface area (Å²) in [4.78, 5) is 50.1. The third-order valence-corrected chi connectivity index (χ3v) is 15.3. The predicted octanol–water partition coefficient (Wildman–Crippen LogP) is 7.70. The number of methoxy groups -OCH3 is 2. The Hall–Kier alpha value is -6.78. The maximum absolute atomic E-state index is 15.0. The molecule has 362 valence electrons. The van der Waals surface area contributed by atoms with Crippen LogP contribution in [0.2, 0.25) is 0 Å². The number of nitrogens with two attached hydrogens (primary N) is 1. The standard InChI is InChI=1S/C50H57FN10O7S/c1-5-67-41(62)18-23-60(32(2)38-8-6-21-54-45(38)57(26-33-9-13-36(65-3)14-10-33)27-34-11-15-37(66-4)16-12-34)47-43(61(63)64)46(55-48(56-47)68-31-50-19-7-22-59(50)28-35(51)24-50)58-29-49(30-58)20-17-40-42(49)39(25-52)44(53)69-40/h6,8-16,21,32,35H,5,7,17-20,22-24,26-31,53H2,1-4H3/t32?,35-,50+/m1/s1. The molecule has 4 aliphatic rings. The number of esters is 1. The number of carbonyl (C=O) groups is 1. The lowest BCUT2D eigenvalue weighted by Crippen LogP contribution is -2.59. The van der Waals surface area contributed by atoms with Crippen molar-refractivity contribution < 1.29 is 33.1 Å². The number of carbonyl (C=O) groups excluding carboxylic acids is 1. The highest BCUT2D eigenvalue weighted by atomic mass is 32.1. The fraction of sp³-hybridized carbons (Fsp3) is 0.460. The van der Waals surface area contributed by atoms with Crippen molar-refractivity contribution in [3.05, 3.63) is 110 Å². The fourth-order valence-electron chi connectivity index (χ4n) is 10.9. The molecule has 9 rings (SSSR count). The Kier molecular flexibility index (Phi) is 13.5. The second-order valence-electron chi connectivity index (χ2n) is 18.4. The quantitative estimate of drug-likeness (QED) is 0.0479. The zero-order chi connectivity index (χ0) is 48.5. The van der Waals surface area contributed by atoms with Crippen LogP contribution in [0.5, 0.6) is 17.5 Å². The number of alkyl halides is 1. The molecule has 3 saturated heterocycles. The van der Waals surface area contributed by atoms with E-state index < -0.39 is 34.1 Å². The van der Waals surface area contributed by atoms with Crippen LogP contribution in [-0.4, -0.2) is 103 Å². The number of nitro groups is 1. The molecule has 69 heavy (non-hydrogen) atoms. The number of ether oxygens (including phenoxy) is 4. The Bertz CT molecular complexity index is 2680. The van der Waals surface area contributed by atoms with E-state index in [4.69, 9.17) is 39.6 Å². The highest BCUT2D eigenvalue weighted by Gasteiger charge is 2.54. The summed E-state index contributed by atoms with van der Waals surface area (Å²) in [5.74, 6) is 1.57. The molecule has 5 aromatic rings. The number of nitrogen functional groups attached to an aromatic ring is 1. The Morgan fingerprint density at radius 3 is 2.39 bits per heavy atom. The van der Waals surface area contributed by atoms with Crippen LogP contribution in [0.1, 0.15) is 84.7 Å². The van der Waals surface area contributed by atoms with Crippen molar-refractivity contribution >= 4 is 45.4 Å². The molecule has 1 unspecified atom stereocenters. The van der Waals surface area contributed by atoms with Gasteiger partial charge in [-0.25, -0.2) is 9.37 Å². The van der Waals surface area contributed by atoms with E-state index in [1.54, 1.807) is 32.2 Å². The number of hydrogen-bond acceptors (Lipinski definition) is 17. The topological polar surface area (TPSA) is 199 Å². The van der Waals surface area contributed by atoms with Crippen LogP contribution in [0.4, 0.5) is 32.5 Å². The maximum atomic E-state index is 15.0. The molecule has 3 atom stereocenters. The van der Waals surface area contributed by atoms with Crippen molar-refractivity contribution in [3.63, 3.8) is 0 Å². The zero-order valence-electron chi connectivity index (χ0n) is 39.4. The molecule has 1 aliphatic carbocycles. The van der Waals surface area contributed by atoms with Gasteiger partial charge in [0.15, 0.2) is 0 Å². The van der Waals surface area contributed by atoms with E-state index in [9.17, 15) is 20.2 Å². The second-order valence-corrected chi connectivity index (χ2v) is 19.5. The average Bonchev–Trinajstić information content (AvgIpc) is 4.08. The van der Waals surface area contributed by atoms with Crippen LogP contribution in [-0.2, 0) is 34.5 Å². The van der Waals surface area contributed by atoms with Crippen molar-refractivity contribution in [2.24, 2.45) is 0 Å². The monoisotopic (exact) mass is 960 g/mol. The minimum Gasteiger partial charge on any atom is -0.497 e. The summed E-state index contributed by atoms with van der Waals surface area (Å²) in [6, 6.07) is 20.9. The number of hydrogen-bond donors (Lipinski definition) is 1. The van der Waals surface area contributed by atoms with Gasteiger partial charge in [-0.3, -0.25) is 19.8 Å². The number of nitrogens with zero attached hydrogens (tertiary/aromatic N) is 9. The first-order valence-corrected chi connectivity index (χ1v) is 24.2. The van der Waals surface area contributed by atoms with E-state index >= 15 is 4.39 Å². The van der Waals surface area contributed by atoms with Crippen molar-refractivity contribution in [2.75, 3.05) is 80.6 Å². The van der Waals surface area contributed by atoms with Crippen LogP contribution >= 0.6 is 11.3 Å². The molecule has 1 spiro atoms. The molecule has 0 saturated carbocycles. The van der Waals surface area contributed by atoms with Gasteiger partial charge in [0.2, 0.25) is 11.6 Å². The van der Waals surface area contributed by atoms with Crippen molar-refractivity contribution in [1.29, 1.82) is 5.26 Å². The van der Waals surface area contributed by atoms with E-state index in [1.807, 2.05) is 72.5 Å². The second kappa shape index (κ2) is 19.7. The molecule has 3 aromatic heterocycles. The molecule has 3 fully saturated rings. The maximum Gasteiger partial charge on any atom is 0.353 e. The smallest absolute Gasteiger partial charge is 0.353 e. The van der Waals surface area contributed by atoms with E-state index in [2.05, 4.69) is 15.9 Å². The predicted molar refractivity (Wildman–Crippen MR) is 260 cm³/mol. The SMILES string of the molecule is CCOC(=O)CCN(c1nc(OC[C@@]23CCCN2C[C@H](F)C3)nc(N2CC3(CCc4sc(N)c(C#N)c43)C2)c1[N+](=O)[O-])C(C)c1cccnc1N(Cc1ccc(OC)cc1)Cc1ccc(OC)cc1. The van der Waals surface area contributed by atoms with Gasteiger partial charge in [-0.1, -0.05) is 30.3 Å². The third kappa shape index (κ3) is 9.27. The summed E-state index contributed by atoms with van der Waals surface area (Å²) in [7, 11) is 3.24. The van der Waals surface area contributed by atoms with E-state index in [-0.39, 0.29) is 49.5 Å². The van der Waals surface area contributed by atoms with Gasteiger partial charge in [-0.2, -0.15) is 15.2 Å². The first-order chi connectivity index (χ1) is 33.4. The summed E-state index contributed by atoms with van der Waals surface area (Å²) < 4.78 is 37.8. The number of aryl methyl sites for hydroxylation is 1. The molecular formula is C50H57FN10O7S. The Morgan fingerprint density at radius 1 is 1.06 bits per heavy atom. The van der Waals surface area contributed by atoms with Crippen LogP contribution in [0, 0.1) is 21.4 Å². The van der Waals surface area contributed by atoms with Crippen LogP contribution in [0.3, 0.4) is 0 Å². The number of aromatic nitrogens is 3. The summed E-state index contributed by atoms with van der Waals surface area (Å²) in [6.45, 7) is 6.48. The molecule has 2 N–H and O–H groups in total.